The Morgan fingerprint density at radius 3 is 2.38 bits per heavy atom. The minimum atomic E-state index is -0.344. The number of nitrogens with one attached hydrogen (secondary N) is 1. The van der Waals surface area contributed by atoms with Gasteiger partial charge < -0.3 is 14.6 Å². The number of amides is 2. The van der Waals surface area contributed by atoms with Crippen LogP contribution in [0.4, 0.5) is 0 Å². The van der Waals surface area contributed by atoms with Gasteiger partial charge >= 0.3 is 0 Å². The molecule has 0 spiro atoms. The lowest BCUT2D eigenvalue weighted by Gasteiger charge is -2.14. The summed E-state index contributed by atoms with van der Waals surface area (Å²) in [4.78, 5) is 25.7. The van der Waals surface area contributed by atoms with Gasteiger partial charge in [0.25, 0.3) is 11.8 Å². The van der Waals surface area contributed by atoms with Gasteiger partial charge in [-0.15, -0.1) is 0 Å². The normalized spacial score (nSPS) is 11.0. The number of hydrogen-bond donors (Lipinski definition) is 1. The Morgan fingerprint density at radius 1 is 1.10 bits per heavy atom. The third kappa shape index (κ3) is 3.82. The summed E-state index contributed by atoms with van der Waals surface area (Å²) in [6.45, 7) is 0. The van der Waals surface area contributed by atoms with E-state index in [1.807, 2.05) is 6.07 Å². The molecule has 1 heterocycles. The molecule has 0 saturated heterocycles. The lowest BCUT2D eigenvalue weighted by molar-refractivity contribution is -0.124. The molecule has 21 heavy (non-hydrogen) atoms. The first kappa shape index (κ1) is 14.6. The Labute approximate surface area is 122 Å². The van der Waals surface area contributed by atoms with Gasteiger partial charge in [-0.3, -0.25) is 9.59 Å². The summed E-state index contributed by atoms with van der Waals surface area (Å²) in [5, 5.41) is 2.62. The van der Waals surface area contributed by atoms with Crippen molar-refractivity contribution >= 4 is 17.9 Å². The molecule has 1 aromatic carbocycles. The van der Waals surface area contributed by atoms with Crippen molar-refractivity contribution in [2.45, 2.75) is 0 Å². The molecule has 2 aromatic rings. The standard InChI is InChI=1S/C16H16N2O3/c1-18(2)16(20)14(11-13-9-6-10-21-13)17-15(19)12-7-4-3-5-8-12/h3-11H,1-2H3,(H,17,19)/b14-11-. The maximum Gasteiger partial charge on any atom is 0.269 e. The first-order valence-electron chi connectivity index (χ1n) is 6.41. The Morgan fingerprint density at radius 2 is 1.81 bits per heavy atom. The number of hydrogen-bond acceptors (Lipinski definition) is 3. The Bertz CT molecular complexity index is 643. The second kappa shape index (κ2) is 6.56. The van der Waals surface area contributed by atoms with Gasteiger partial charge in [-0.05, 0) is 24.3 Å². The number of carbonyl (C=O) groups excluding carboxylic acids is 2. The van der Waals surface area contributed by atoms with Crippen molar-refractivity contribution in [1.29, 1.82) is 0 Å². The van der Waals surface area contributed by atoms with Crippen LogP contribution in [0.2, 0.25) is 0 Å². The van der Waals surface area contributed by atoms with E-state index in [-0.39, 0.29) is 17.5 Å². The van der Waals surface area contributed by atoms with E-state index < -0.39 is 0 Å². The van der Waals surface area contributed by atoms with Crippen molar-refractivity contribution in [2.24, 2.45) is 0 Å². The van der Waals surface area contributed by atoms with E-state index in [0.29, 0.717) is 11.3 Å². The third-order valence-corrected chi connectivity index (χ3v) is 2.75. The van der Waals surface area contributed by atoms with Crippen LogP contribution in [0.3, 0.4) is 0 Å². The highest BCUT2D eigenvalue weighted by atomic mass is 16.3. The average Bonchev–Trinajstić information content (AvgIpc) is 2.99. The van der Waals surface area contributed by atoms with Crippen LogP contribution in [0.25, 0.3) is 6.08 Å². The number of nitrogens with zero attached hydrogens (tertiary/aromatic N) is 1. The van der Waals surface area contributed by atoms with Gasteiger partial charge in [0.15, 0.2) is 0 Å². The lowest BCUT2D eigenvalue weighted by atomic mass is 10.2. The first-order chi connectivity index (χ1) is 10.1. The molecular formula is C16H16N2O3. The van der Waals surface area contributed by atoms with E-state index in [4.69, 9.17) is 4.42 Å². The molecular weight excluding hydrogens is 268 g/mol. The maximum absolute atomic E-state index is 12.2. The summed E-state index contributed by atoms with van der Waals surface area (Å²) >= 11 is 0. The Hall–Kier alpha value is -2.82. The van der Waals surface area contributed by atoms with E-state index in [0.717, 1.165) is 0 Å². The number of likely N-dealkylation sites (N-methyl/N-ethyl adjacent to an activating group) is 1. The van der Waals surface area contributed by atoms with Crippen LogP contribution in [-0.2, 0) is 4.79 Å². The number of carbonyl (C=O) groups is 2. The fourth-order valence-electron chi connectivity index (χ4n) is 1.69. The summed E-state index contributed by atoms with van der Waals surface area (Å²) in [5.41, 5.74) is 0.637. The molecule has 5 nitrogen and oxygen atoms in total. The second-order valence-electron chi connectivity index (χ2n) is 4.59. The molecule has 0 bridgehead atoms. The zero-order chi connectivity index (χ0) is 15.2. The molecule has 0 saturated carbocycles. The van der Waals surface area contributed by atoms with Crippen LogP contribution in [-0.4, -0.2) is 30.8 Å². The summed E-state index contributed by atoms with van der Waals surface area (Å²) < 4.78 is 5.18. The van der Waals surface area contributed by atoms with Gasteiger partial charge in [-0.25, -0.2) is 0 Å². The molecule has 1 aromatic heterocycles. The van der Waals surface area contributed by atoms with Crippen molar-refractivity contribution in [3.8, 4) is 0 Å². The van der Waals surface area contributed by atoms with Crippen LogP contribution < -0.4 is 5.32 Å². The van der Waals surface area contributed by atoms with E-state index in [1.54, 1.807) is 50.5 Å². The van der Waals surface area contributed by atoms with Crippen molar-refractivity contribution in [3.05, 3.63) is 65.7 Å². The molecule has 0 fully saturated rings. The Kier molecular flexibility index (Phi) is 4.56. The second-order valence-corrected chi connectivity index (χ2v) is 4.59. The van der Waals surface area contributed by atoms with Gasteiger partial charge in [-0.2, -0.15) is 0 Å². The van der Waals surface area contributed by atoms with Crippen LogP contribution in [0.5, 0.6) is 0 Å². The summed E-state index contributed by atoms with van der Waals surface area (Å²) in [7, 11) is 3.24. The lowest BCUT2D eigenvalue weighted by Crippen LogP contribution is -2.34. The number of benzene rings is 1. The summed E-state index contributed by atoms with van der Waals surface area (Å²) in [5.74, 6) is -0.159. The third-order valence-electron chi connectivity index (χ3n) is 2.75. The van der Waals surface area contributed by atoms with Crippen LogP contribution in [0.15, 0.2) is 58.8 Å². The number of rotatable bonds is 4. The average molecular weight is 284 g/mol. The highest BCUT2D eigenvalue weighted by molar-refractivity contribution is 6.04. The van der Waals surface area contributed by atoms with Gasteiger partial charge in [0.05, 0.1) is 6.26 Å². The molecule has 0 aliphatic rings. The zero-order valence-corrected chi connectivity index (χ0v) is 11.9. The highest BCUT2D eigenvalue weighted by Gasteiger charge is 2.16. The van der Waals surface area contributed by atoms with Gasteiger partial charge in [0.1, 0.15) is 11.5 Å². The molecule has 5 heteroatoms. The molecule has 0 atom stereocenters. The van der Waals surface area contributed by atoms with Crippen LogP contribution in [0.1, 0.15) is 16.1 Å². The fraction of sp³-hybridized carbons (Fsp3) is 0.125. The fourth-order valence-corrected chi connectivity index (χ4v) is 1.69. The minimum Gasteiger partial charge on any atom is -0.465 e. The molecule has 0 unspecified atom stereocenters. The summed E-state index contributed by atoms with van der Waals surface area (Å²) in [6.07, 6.45) is 3.01. The molecule has 0 radical (unpaired) electrons. The van der Waals surface area contributed by atoms with E-state index in [9.17, 15) is 9.59 Å². The van der Waals surface area contributed by atoms with E-state index >= 15 is 0 Å². The molecule has 108 valence electrons. The zero-order valence-electron chi connectivity index (χ0n) is 11.9. The quantitative estimate of drug-likeness (QED) is 0.875. The first-order valence-corrected chi connectivity index (χ1v) is 6.41. The van der Waals surface area contributed by atoms with Crippen molar-refractivity contribution in [3.63, 3.8) is 0 Å². The molecule has 0 aliphatic heterocycles. The summed E-state index contributed by atoms with van der Waals surface area (Å²) in [6, 6.07) is 12.1. The highest BCUT2D eigenvalue weighted by Crippen LogP contribution is 2.09. The predicted octanol–water partition coefficient (Wildman–Crippen LogP) is 2.14. The predicted molar refractivity (Wildman–Crippen MR) is 79.3 cm³/mol. The topological polar surface area (TPSA) is 62.6 Å². The van der Waals surface area contributed by atoms with Crippen molar-refractivity contribution in [1.82, 2.24) is 10.2 Å². The van der Waals surface area contributed by atoms with Gasteiger partial charge in [0, 0.05) is 25.7 Å². The molecule has 2 amide bonds. The SMILES string of the molecule is CN(C)C(=O)/C(=C/c1ccco1)NC(=O)c1ccccc1. The molecule has 2 rings (SSSR count). The van der Waals surface area contributed by atoms with E-state index in [2.05, 4.69) is 5.32 Å². The van der Waals surface area contributed by atoms with Crippen molar-refractivity contribution < 1.29 is 14.0 Å². The molecule has 1 N–H and O–H groups in total. The van der Waals surface area contributed by atoms with Crippen molar-refractivity contribution in [2.75, 3.05) is 14.1 Å². The largest absolute Gasteiger partial charge is 0.465 e. The smallest absolute Gasteiger partial charge is 0.269 e. The minimum absolute atomic E-state index is 0.156. The van der Waals surface area contributed by atoms with E-state index in [1.165, 1.54) is 17.2 Å². The Balaban J connectivity index is 2.25. The number of furan rings is 1. The molecule has 0 aliphatic carbocycles. The van der Waals surface area contributed by atoms with Crippen LogP contribution in [0, 0.1) is 0 Å². The van der Waals surface area contributed by atoms with Crippen LogP contribution >= 0.6 is 0 Å². The maximum atomic E-state index is 12.2. The monoisotopic (exact) mass is 284 g/mol. The van der Waals surface area contributed by atoms with Gasteiger partial charge in [0.2, 0.25) is 0 Å². The van der Waals surface area contributed by atoms with Gasteiger partial charge in [-0.1, -0.05) is 18.2 Å².